The summed E-state index contributed by atoms with van der Waals surface area (Å²) >= 11 is 0. The van der Waals surface area contributed by atoms with Gasteiger partial charge in [0.1, 0.15) is 5.82 Å². The highest BCUT2D eigenvalue weighted by atomic mass is 19.1. The van der Waals surface area contributed by atoms with E-state index in [1.807, 2.05) is 24.3 Å². The zero-order valence-corrected chi connectivity index (χ0v) is 14.5. The van der Waals surface area contributed by atoms with Gasteiger partial charge >= 0.3 is 0 Å². The number of rotatable bonds is 5. The number of hydrogen-bond donors (Lipinski definition) is 1. The van der Waals surface area contributed by atoms with Crippen LogP contribution in [0.5, 0.6) is 0 Å². The molecule has 0 aliphatic carbocycles. The Morgan fingerprint density at radius 3 is 2.58 bits per heavy atom. The van der Waals surface area contributed by atoms with Gasteiger partial charge in [-0.3, -0.25) is 9.59 Å². The molecule has 1 saturated heterocycles. The summed E-state index contributed by atoms with van der Waals surface area (Å²) in [4.78, 5) is 26.1. The average molecular weight is 353 g/mol. The van der Waals surface area contributed by atoms with E-state index < -0.39 is 5.92 Å². The molecule has 2 aromatic rings. The largest absolute Gasteiger partial charge is 0.312 e. The van der Waals surface area contributed by atoms with Crippen LogP contribution in [0.4, 0.5) is 10.1 Å². The lowest BCUT2D eigenvalue weighted by atomic mass is 10.1. The van der Waals surface area contributed by atoms with Crippen molar-refractivity contribution in [3.8, 4) is 0 Å². The molecule has 1 atom stereocenters. The van der Waals surface area contributed by atoms with Gasteiger partial charge in [0.15, 0.2) is 0 Å². The fraction of sp³-hybridized carbons (Fsp3) is 0.250. The summed E-state index contributed by atoms with van der Waals surface area (Å²) in [5, 5.41) is 3.88. The van der Waals surface area contributed by atoms with E-state index in [2.05, 4.69) is 17.5 Å². The van der Waals surface area contributed by atoms with Gasteiger partial charge in [-0.2, -0.15) is 5.10 Å². The second-order valence-electron chi connectivity index (χ2n) is 6.21. The van der Waals surface area contributed by atoms with Gasteiger partial charge in [-0.25, -0.2) is 9.82 Å². The number of nitrogens with one attached hydrogen (secondary N) is 1. The molecule has 0 bridgehead atoms. The first kappa shape index (κ1) is 17.8. The third kappa shape index (κ3) is 4.14. The molecule has 0 saturated carbocycles. The SMILES string of the molecule is CCc1ccc(N2C[C@H](C(=O)N/N=C/c3ccc(F)cc3)CC2=O)cc1. The molecule has 3 rings (SSSR count). The summed E-state index contributed by atoms with van der Waals surface area (Å²) < 4.78 is 12.8. The fourth-order valence-corrected chi connectivity index (χ4v) is 2.85. The molecular weight excluding hydrogens is 333 g/mol. The maximum atomic E-state index is 12.8. The van der Waals surface area contributed by atoms with Crippen LogP contribution < -0.4 is 10.3 Å². The van der Waals surface area contributed by atoms with Gasteiger partial charge in [0, 0.05) is 18.7 Å². The molecule has 134 valence electrons. The summed E-state index contributed by atoms with van der Waals surface area (Å²) in [5.41, 5.74) is 5.13. The molecule has 0 spiro atoms. The lowest BCUT2D eigenvalue weighted by Gasteiger charge is -2.16. The molecule has 1 aliphatic rings. The van der Waals surface area contributed by atoms with Crippen LogP contribution in [0, 0.1) is 11.7 Å². The maximum Gasteiger partial charge on any atom is 0.245 e. The van der Waals surface area contributed by atoms with E-state index in [-0.39, 0.29) is 24.1 Å². The van der Waals surface area contributed by atoms with Gasteiger partial charge < -0.3 is 4.90 Å². The summed E-state index contributed by atoms with van der Waals surface area (Å²) in [6.07, 6.45) is 2.54. The van der Waals surface area contributed by atoms with Gasteiger partial charge in [0.25, 0.3) is 0 Å². The Balaban J connectivity index is 1.58. The van der Waals surface area contributed by atoms with E-state index in [4.69, 9.17) is 0 Å². The van der Waals surface area contributed by atoms with Crippen molar-refractivity contribution in [2.75, 3.05) is 11.4 Å². The van der Waals surface area contributed by atoms with Crippen molar-refractivity contribution in [1.82, 2.24) is 5.43 Å². The number of nitrogens with zero attached hydrogens (tertiary/aromatic N) is 2. The van der Waals surface area contributed by atoms with E-state index in [0.717, 1.165) is 12.1 Å². The van der Waals surface area contributed by atoms with Gasteiger partial charge in [-0.1, -0.05) is 31.2 Å². The standard InChI is InChI=1S/C20H20FN3O2/c1-2-14-5-9-18(10-6-14)24-13-16(11-19(24)25)20(26)23-22-12-15-3-7-17(21)8-4-15/h3-10,12,16H,2,11,13H2,1H3,(H,23,26)/b22-12+/t16-/m1/s1. The Kier molecular flexibility index (Phi) is 5.41. The molecule has 2 amide bonds. The molecular formula is C20H20FN3O2. The second-order valence-corrected chi connectivity index (χ2v) is 6.21. The van der Waals surface area contributed by atoms with Crippen molar-refractivity contribution < 1.29 is 14.0 Å². The van der Waals surface area contributed by atoms with Crippen LogP contribution >= 0.6 is 0 Å². The molecule has 26 heavy (non-hydrogen) atoms. The van der Waals surface area contributed by atoms with Crippen LogP contribution in [-0.2, 0) is 16.0 Å². The number of hydrazone groups is 1. The predicted octanol–water partition coefficient (Wildman–Crippen LogP) is 2.89. The smallest absolute Gasteiger partial charge is 0.245 e. The highest BCUT2D eigenvalue weighted by Crippen LogP contribution is 2.25. The number of aryl methyl sites for hydroxylation is 1. The van der Waals surface area contributed by atoms with Crippen molar-refractivity contribution in [1.29, 1.82) is 0 Å². The van der Waals surface area contributed by atoms with E-state index in [1.165, 1.54) is 23.9 Å². The van der Waals surface area contributed by atoms with E-state index in [9.17, 15) is 14.0 Å². The molecule has 0 unspecified atom stereocenters. The van der Waals surface area contributed by atoms with Gasteiger partial charge in [0.2, 0.25) is 11.8 Å². The molecule has 6 heteroatoms. The fourth-order valence-electron chi connectivity index (χ4n) is 2.85. The molecule has 2 aromatic carbocycles. The van der Waals surface area contributed by atoms with Crippen molar-refractivity contribution in [3.63, 3.8) is 0 Å². The van der Waals surface area contributed by atoms with Crippen molar-refractivity contribution in [3.05, 3.63) is 65.5 Å². The number of halogens is 1. The Morgan fingerprint density at radius 2 is 1.92 bits per heavy atom. The summed E-state index contributed by atoms with van der Waals surface area (Å²) in [6.45, 7) is 2.41. The number of amides is 2. The van der Waals surface area contributed by atoms with Crippen LogP contribution in [0.25, 0.3) is 0 Å². The van der Waals surface area contributed by atoms with Crippen molar-refractivity contribution >= 4 is 23.7 Å². The number of carbonyl (C=O) groups is 2. The summed E-state index contributed by atoms with van der Waals surface area (Å²) in [5.74, 6) is -1.15. The lowest BCUT2D eigenvalue weighted by molar-refractivity contribution is -0.126. The quantitative estimate of drug-likeness (QED) is 0.664. The molecule has 1 aliphatic heterocycles. The number of benzene rings is 2. The van der Waals surface area contributed by atoms with Crippen molar-refractivity contribution in [2.24, 2.45) is 11.0 Å². The molecule has 1 N–H and O–H groups in total. The van der Waals surface area contributed by atoms with Crippen LogP contribution in [-0.4, -0.2) is 24.6 Å². The predicted molar refractivity (Wildman–Crippen MR) is 98.4 cm³/mol. The van der Waals surface area contributed by atoms with Gasteiger partial charge in [-0.05, 0) is 41.8 Å². The minimum atomic E-state index is -0.446. The minimum absolute atomic E-state index is 0.0723. The topological polar surface area (TPSA) is 61.8 Å². The highest BCUT2D eigenvalue weighted by molar-refractivity contribution is 6.00. The molecule has 1 fully saturated rings. The minimum Gasteiger partial charge on any atom is -0.312 e. The molecule has 0 radical (unpaired) electrons. The number of anilines is 1. The molecule has 5 nitrogen and oxygen atoms in total. The zero-order valence-electron chi connectivity index (χ0n) is 14.5. The van der Waals surface area contributed by atoms with Crippen LogP contribution in [0.3, 0.4) is 0 Å². The average Bonchev–Trinajstić information content (AvgIpc) is 3.05. The Hall–Kier alpha value is -3.02. The monoisotopic (exact) mass is 353 g/mol. The first-order valence-electron chi connectivity index (χ1n) is 8.54. The summed E-state index contributed by atoms with van der Waals surface area (Å²) in [7, 11) is 0. The Labute approximate surface area is 151 Å². The van der Waals surface area contributed by atoms with Crippen molar-refractivity contribution in [2.45, 2.75) is 19.8 Å². The maximum absolute atomic E-state index is 12.8. The lowest BCUT2D eigenvalue weighted by Crippen LogP contribution is -2.30. The number of hydrogen-bond acceptors (Lipinski definition) is 3. The Morgan fingerprint density at radius 1 is 1.23 bits per heavy atom. The van der Waals surface area contributed by atoms with E-state index in [0.29, 0.717) is 12.1 Å². The second kappa shape index (κ2) is 7.91. The van der Waals surface area contributed by atoms with Gasteiger partial charge in [-0.15, -0.1) is 0 Å². The van der Waals surface area contributed by atoms with Crippen LogP contribution in [0.1, 0.15) is 24.5 Å². The Bertz CT molecular complexity index is 816. The van der Waals surface area contributed by atoms with Gasteiger partial charge in [0.05, 0.1) is 12.1 Å². The van der Waals surface area contributed by atoms with Crippen LogP contribution in [0.15, 0.2) is 53.6 Å². The van der Waals surface area contributed by atoms with E-state index in [1.54, 1.807) is 17.0 Å². The van der Waals surface area contributed by atoms with E-state index >= 15 is 0 Å². The third-order valence-electron chi connectivity index (χ3n) is 4.41. The third-order valence-corrected chi connectivity index (χ3v) is 4.41. The molecule has 0 aromatic heterocycles. The first-order chi connectivity index (χ1) is 12.6. The zero-order chi connectivity index (χ0) is 18.5. The number of carbonyl (C=O) groups excluding carboxylic acids is 2. The van der Waals surface area contributed by atoms with Crippen LogP contribution in [0.2, 0.25) is 0 Å². The molecule has 1 heterocycles. The first-order valence-corrected chi connectivity index (χ1v) is 8.54. The summed E-state index contributed by atoms with van der Waals surface area (Å²) in [6, 6.07) is 13.6. The normalized spacial score (nSPS) is 17.1. The highest BCUT2D eigenvalue weighted by Gasteiger charge is 2.35.